The lowest BCUT2D eigenvalue weighted by molar-refractivity contribution is 0.104. The molecule has 0 aliphatic carbocycles. The smallest absolute Gasteiger partial charge is 0.243 e. The van der Waals surface area contributed by atoms with Gasteiger partial charge in [0.2, 0.25) is 5.88 Å². The quantitative estimate of drug-likeness (QED) is 0.770. The molecule has 5 nitrogen and oxygen atoms in total. The fraction of sp³-hybridized carbons (Fsp3) is 0.214. The summed E-state index contributed by atoms with van der Waals surface area (Å²) >= 11 is 0. The molecule has 0 amide bonds. The number of ether oxygens (including phenoxy) is 2. The summed E-state index contributed by atoms with van der Waals surface area (Å²) in [5.41, 5.74) is 1.44. The van der Waals surface area contributed by atoms with Gasteiger partial charge in [-0.2, -0.15) is 0 Å². The number of ketones is 1. The highest BCUT2D eigenvalue weighted by Gasteiger charge is 2.13. The van der Waals surface area contributed by atoms with Crippen molar-refractivity contribution in [2.24, 2.45) is 0 Å². The number of Topliss-reactive ketones (excluding diaryl/α,β-unsaturated/α-hetero) is 1. The lowest BCUT2D eigenvalue weighted by Crippen LogP contribution is -2.00. The van der Waals surface area contributed by atoms with Crippen LogP contribution < -0.4 is 9.47 Å². The van der Waals surface area contributed by atoms with Gasteiger partial charge in [-0.3, -0.25) is 9.48 Å². The van der Waals surface area contributed by atoms with Gasteiger partial charge in [-0.05, 0) is 17.7 Å². The fourth-order valence-electron chi connectivity index (χ4n) is 1.74. The number of benzene rings is 1. The zero-order valence-corrected chi connectivity index (χ0v) is 10.9. The highest BCUT2D eigenvalue weighted by molar-refractivity contribution is 6.01. The van der Waals surface area contributed by atoms with Crippen molar-refractivity contribution in [2.75, 3.05) is 14.2 Å². The van der Waals surface area contributed by atoms with Crippen LogP contribution in [0.5, 0.6) is 11.6 Å². The second-order valence-corrected chi connectivity index (χ2v) is 4.02. The Labute approximate surface area is 111 Å². The molecule has 0 spiro atoms. The Morgan fingerprint density at radius 2 is 1.95 bits per heavy atom. The summed E-state index contributed by atoms with van der Waals surface area (Å²) in [6, 6.07) is 7.64. The first-order chi connectivity index (χ1) is 9.13. The standard InChI is InChI=1S/C14H15N2O3/c1-10(17)13-9-16(15-14(13)19-3)8-11-4-6-12(18-2)7-5-11/h4-7,9H,1,8H2,2-3H3. The minimum atomic E-state index is -0.308. The van der Waals surface area contributed by atoms with Crippen molar-refractivity contribution in [1.82, 2.24) is 9.78 Å². The predicted octanol–water partition coefficient (Wildman–Crippen LogP) is 1.97. The van der Waals surface area contributed by atoms with E-state index in [0.29, 0.717) is 18.0 Å². The number of methoxy groups -OCH3 is 2. The summed E-state index contributed by atoms with van der Waals surface area (Å²) in [6.07, 6.45) is 1.64. The topological polar surface area (TPSA) is 53.4 Å². The van der Waals surface area contributed by atoms with Crippen molar-refractivity contribution < 1.29 is 14.3 Å². The largest absolute Gasteiger partial charge is 0.497 e. The first-order valence-corrected chi connectivity index (χ1v) is 5.74. The number of hydrogen-bond acceptors (Lipinski definition) is 4. The van der Waals surface area contributed by atoms with Crippen LogP contribution in [0.3, 0.4) is 0 Å². The number of carbonyl (C=O) groups excluding carboxylic acids is 1. The third kappa shape index (κ3) is 2.93. The molecule has 1 aromatic heterocycles. The molecule has 0 aliphatic rings. The number of carbonyl (C=O) groups is 1. The Bertz CT molecular complexity index is 573. The summed E-state index contributed by atoms with van der Waals surface area (Å²) in [5, 5.41) is 4.19. The van der Waals surface area contributed by atoms with Gasteiger partial charge in [0.05, 0.1) is 26.3 Å². The van der Waals surface area contributed by atoms with E-state index in [1.807, 2.05) is 24.3 Å². The van der Waals surface area contributed by atoms with E-state index in [1.54, 1.807) is 18.0 Å². The van der Waals surface area contributed by atoms with Crippen LogP contribution in [0.4, 0.5) is 0 Å². The van der Waals surface area contributed by atoms with Gasteiger partial charge in [-0.25, -0.2) is 0 Å². The van der Waals surface area contributed by atoms with Crippen molar-refractivity contribution in [3.8, 4) is 11.6 Å². The van der Waals surface area contributed by atoms with Crippen LogP contribution in [0.15, 0.2) is 30.5 Å². The SMILES string of the molecule is [CH2]C(=O)c1cn(Cc2ccc(OC)cc2)nc1OC. The van der Waals surface area contributed by atoms with E-state index in [0.717, 1.165) is 11.3 Å². The Balaban J connectivity index is 2.20. The van der Waals surface area contributed by atoms with E-state index < -0.39 is 0 Å². The lowest BCUT2D eigenvalue weighted by atomic mass is 10.2. The second kappa shape index (κ2) is 5.56. The van der Waals surface area contributed by atoms with Gasteiger partial charge in [0, 0.05) is 13.1 Å². The summed E-state index contributed by atoms with van der Waals surface area (Å²) < 4.78 is 11.8. The van der Waals surface area contributed by atoms with E-state index in [9.17, 15) is 4.79 Å². The molecule has 0 saturated carbocycles. The maximum absolute atomic E-state index is 11.3. The molecule has 0 unspecified atom stereocenters. The molecular weight excluding hydrogens is 244 g/mol. The molecular formula is C14H15N2O3. The highest BCUT2D eigenvalue weighted by Crippen LogP contribution is 2.17. The van der Waals surface area contributed by atoms with Crippen LogP contribution in [0.1, 0.15) is 15.9 Å². The van der Waals surface area contributed by atoms with Crippen LogP contribution in [-0.4, -0.2) is 29.8 Å². The Hall–Kier alpha value is -2.30. The molecule has 1 aromatic carbocycles. The summed E-state index contributed by atoms with van der Waals surface area (Å²) in [4.78, 5) is 11.3. The van der Waals surface area contributed by atoms with Crippen LogP contribution in [0, 0.1) is 6.92 Å². The van der Waals surface area contributed by atoms with E-state index in [2.05, 4.69) is 12.0 Å². The lowest BCUT2D eigenvalue weighted by Gasteiger charge is -2.03. The summed E-state index contributed by atoms with van der Waals surface area (Å²) in [5.74, 6) is 0.793. The number of hydrogen-bond donors (Lipinski definition) is 0. The average molecular weight is 259 g/mol. The highest BCUT2D eigenvalue weighted by atomic mass is 16.5. The molecule has 19 heavy (non-hydrogen) atoms. The van der Waals surface area contributed by atoms with Crippen molar-refractivity contribution in [2.45, 2.75) is 6.54 Å². The van der Waals surface area contributed by atoms with Crippen molar-refractivity contribution in [3.05, 3.63) is 48.5 Å². The third-order valence-electron chi connectivity index (χ3n) is 2.73. The molecule has 0 N–H and O–H groups in total. The van der Waals surface area contributed by atoms with Gasteiger partial charge in [-0.1, -0.05) is 12.1 Å². The minimum absolute atomic E-state index is 0.300. The molecule has 0 bridgehead atoms. The van der Waals surface area contributed by atoms with E-state index in [-0.39, 0.29) is 5.78 Å². The van der Waals surface area contributed by atoms with Gasteiger partial charge in [-0.15, -0.1) is 5.10 Å². The van der Waals surface area contributed by atoms with Crippen LogP contribution >= 0.6 is 0 Å². The van der Waals surface area contributed by atoms with Gasteiger partial charge >= 0.3 is 0 Å². The first kappa shape index (κ1) is 13.1. The minimum Gasteiger partial charge on any atom is -0.497 e. The van der Waals surface area contributed by atoms with Gasteiger partial charge in [0.15, 0.2) is 5.78 Å². The van der Waals surface area contributed by atoms with Crippen LogP contribution in [0.25, 0.3) is 0 Å². The van der Waals surface area contributed by atoms with E-state index in [4.69, 9.17) is 9.47 Å². The maximum atomic E-state index is 11.3. The molecule has 0 aliphatic heterocycles. The van der Waals surface area contributed by atoms with Crippen molar-refractivity contribution in [3.63, 3.8) is 0 Å². The Morgan fingerprint density at radius 3 is 2.42 bits per heavy atom. The number of nitrogens with zero attached hydrogens (tertiary/aromatic N) is 2. The average Bonchev–Trinajstić information content (AvgIpc) is 2.83. The van der Waals surface area contributed by atoms with Crippen molar-refractivity contribution in [1.29, 1.82) is 0 Å². The molecule has 1 heterocycles. The summed E-state index contributed by atoms with van der Waals surface area (Å²) in [6.45, 7) is 3.92. The van der Waals surface area contributed by atoms with Crippen LogP contribution in [-0.2, 0) is 6.54 Å². The van der Waals surface area contributed by atoms with Crippen LogP contribution in [0.2, 0.25) is 0 Å². The Kier molecular flexibility index (Phi) is 3.85. The molecule has 0 saturated heterocycles. The van der Waals surface area contributed by atoms with Gasteiger partial charge in [0.25, 0.3) is 0 Å². The molecule has 99 valence electrons. The van der Waals surface area contributed by atoms with Crippen molar-refractivity contribution >= 4 is 5.78 Å². The van der Waals surface area contributed by atoms with E-state index in [1.165, 1.54) is 7.11 Å². The molecule has 2 aromatic rings. The Morgan fingerprint density at radius 1 is 1.26 bits per heavy atom. The predicted molar refractivity (Wildman–Crippen MR) is 70.6 cm³/mol. The summed E-state index contributed by atoms with van der Waals surface area (Å²) in [7, 11) is 3.10. The van der Waals surface area contributed by atoms with Gasteiger partial charge < -0.3 is 9.47 Å². The van der Waals surface area contributed by atoms with E-state index >= 15 is 0 Å². The van der Waals surface area contributed by atoms with Gasteiger partial charge in [0.1, 0.15) is 5.75 Å². The number of rotatable bonds is 5. The zero-order chi connectivity index (χ0) is 13.8. The molecule has 0 fully saturated rings. The molecule has 0 atom stereocenters. The molecule has 2 rings (SSSR count). The normalized spacial score (nSPS) is 10.3. The maximum Gasteiger partial charge on any atom is 0.243 e. The molecule has 1 radical (unpaired) electrons. The fourth-order valence-corrected chi connectivity index (χ4v) is 1.74. The first-order valence-electron chi connectivity index (χ1n) is 5.74. The third-order valence-corrected chi connectivity index (χ3v) is 2.73. The number of aromatic nitrogens is 2. The zero-order valence-electron chi connectivity index (χ0n) is 10.9. The monoisotopic (exact) mass is 259 g/mol. The second-order valence-electron chi connectivity index (χ2n) is 4.02. The molecule has 5 heteroatoms.